The number of benzene rings is 2. The van der Waals surface area contributed by atoms with E-state index < -0.39 is 16.7 Å². The minimum atomic E-state index is -0.547. The number of hydrogen-bond donors (Lipinski definition) is 2. The van der Waals surface area contributed by atoms with E-state index in [4.69, 9.17) is 11.6 Å². The average Bonchev–Trinajstić information content (AvgIpc) is 2.69. The zero-order valence-corrected chi connectivity index (χ0v) is 16.0. The largest absolute Gasteiger partial charge is 0.351 e. The van der Waals surface area contributed by atoms with Crippen LogP contribution in [0.5, 0.6) is 0 Å². The maximum absolute atomic E-state index is 12.5. The van der Waals surface area contributed by atoms with Gasteiger partial charge in [0.1, 0.15) is 5.70 Å². The summed E-state index contributed by atoms with van der Waals surface area (Å²) in [5.74, 6) is -0.959. The summed E-state index contributed by atoms with van der Waals surface area (Å²) < 4.78 is 0. The number of non-ortho nitro benzene ring substituents is 1. The van der Waals surface area contributed by atoms with Crippen molar-refractivity contribution in [3.05, 3.63) is 80.5 Å². The third-order valence-electron chi connectivity index (χ3n) is 3.83. The molecule has 0 spiro atoms. The lowest BCUT2D eigenvalue weighted by Gasteiger charge is -2.11. The van der Waals surface area contributed by atoms with E-state index >= 15 is 0 Å². The van der Waals surface area contributed by atoms with Gasteiger partial charge in [-0.3, -0.25) is 19.7 Å². The summed E-state index contributed by atoms with van der Waals surface area (Å²) in [5.41, 5.74) is 0.843. The molecule has 0 radical (unpaired) electrons. The van der Waals surface area contributed by atoms with Crippen molar-refractivity contribution in [2.24, 2.45) is 0 Å². The van der Waals surface area contributed by atoms with Crippen LogP contribution >= 0.6 is 11.6 Å². The number of nitro groups is 1. The van der Waals surface area contributed by atoms with Crippen LogP contribution in [0.3, 0.4) is 0 Å². The van der Waals surface area contributed by atoms with Crippen molar-refractivity contribution in [3.8, 4) is 0 Å². The Balaban J connectivity index is 2.22. The number of halogens is 1. The van der Waals surface area contributed by atoms with Crippen molar-refractivity contribution in [1.29, 1.82) is 0 Å². The number of nitrogens with zero attached hydrogens (tertiary/aromatic N) is 1. The highest BCUT2D eigenvalue weighted by Crippen LogP contribution is 2.14. The highest BCUT2D eigenvalue weighted by Gasteiger charge is 2.15. The molecule has 2 aromatic rings. The number of hydrogen-bond acceptors (Lipinski definition) is 4. The number of carbonyl (C=O) groups excluding carboxylic acids is 2. The summed E-state index contributed by atoms with van der Waals surface area (Å²) in [6.45, 7) is 2.49. The quantitative estimate of drug-likeness (QED) is 0.303. The molecule has 8 heteroatoms. The fraction of sp³-hybridized carbons (Fsp3) is 0.200. The van der Waals surface area contributed by atoms with Crippen LogP contribution in [0.1, 0.15) is 35.7 Å². The Kier molecular flexibility index (Phi) is 7.71. The fourth-order valence-electron chi connectivity index (χ4n) is 2.29. The number of rotatable bonds is 8. The van der Waals surface area contributed by atoms with Gasteiger partial charge in [0.25, 0.3) is 17.5 Å². The zero-order chi connectivity index (χ0) is 20.5. The van der Waals surface area contributed by atoms with Crippen molar-refractivity contribution >= 4 is 35.2 Å². The van der Waals surface area contributed by atoms with E-state index in [9.17, 15) is 19.7 Å². The molecule has 7 nitrogen and oxygen atoms in total. The Morgan fingerprint density at radius 3 is 2.32 bits per heavy atom. The van der Waals surface area contributed by atoms with Gasteiger partial charge in [-0.15, -0.1) is 0 Å². The lowest BCUT2D eigenvalue weighted by atomic mass is 10.1. The van der Waals surface area contributed by atoms with Crippen LogP contribution in [0.15, 0.2) is 54.2 Å². The molecule has 2 aromatic carbocycles. The fourth-order valence-corrected chi connectivity index (χ4v) is 2.41. The second-order valence-electron chi connectivity index (χ2n) is 5.98. The summed E-state index contributed by atoms with van der Waals surface area (Å²) in [5, 5.41) is 16.6. The van der Waals surface area contributed by atoms with Gasteiger partial charge in [0.15, 0.2) is 0 Å². The molecule has 0 fully saturated rings. The predicted octanol–water partition coefficient (Wildman–Crippen LogP) is 3.94. The Labute approximate surface area is 167 Å². The van der Waals surface area contributed by atoms with Gasteiger partial charge in [-0.2, -0.15) is 0 Å². The summed E-state index contributed by atoms with van der Waals surface area (Å²) in [4.78, 5) is 35.2. The minimum absolute atomic E-state index is 0.0711. The molecule has 0 aromatic heterocycles. The molecule has 0 saturated heterocycles. The first kappa shape index (κ1) is 21.1. The first-order valence-corrected chi connectivity index (χ1v) is 9.09. The average molecular weight is 402 g/mol. The van der Waals surface area contributed by atoms with Crippen molar-refractivity contribution in [2.75, 3.05) is 6.54 Å². The lowest BCUT2D eigenvalue weighted by molar-refractivity contribution is -0.384. The zero-order valence-electron chi connectivity index (χ0n) is 15.3. The summed E-state index contributed by atoms with van der Waals surface area (Å²) >= 11 is 5.88. The molecule has 0 aliphatic carbocycles. The third kappa shape index (κ3) is 6.21. The molecule has 2 N–H and O–H groups in total. The van der Waals surface area contributed by atoms with Crippen LogP contribution in [-0.4, -0.2) is 23.3 Å². The molecule has 0 bridgehead atoms. The molecule has 2 rings (SSSR count). The Bertz CT molecular complexity index is 877. The second kappa shape index (κ2) is 10.2. The SMILES string of the molecule is CCCCNC(=O)/C(=C\c1ccc(Cl)cc1)NC(=O)c1ccc([N+](=O)[O-])cc1. The van der Waals surface area contributed by atoms with Crippen molar-refractivity contribution < 1.29 is 14.5 Å². The maximum Gasteiger partial charge on any atom is 0.269 e. The Morgan fingerprint density at radius 2 is 1.75 bits per heavy atom. The predicted molar refractivity (Wildman–Crippen MR) is 108 cm³/mol. The van der Waals surface area contributed by atoms with Gasteiger partial charge in [-0.05, 0) is 42.3 Å². The number of nitrogens with one attached hydrogen (secondary N) is 2. The first-order valence-electron chi connectivity index (χ1n) is 8.72. The van der Waals surface area contributed by atoms with Gasteiger partial charge in [-0.1, -0.05) is 37.1 Å². The first-order chi connectivity index (χ1) is 13.4. The second-order valence-corrected chi connectivity index (χ2v) is 6.41. The van der Waals surface area contributed by atoms with Crippen LogP contribution in [-0.2, 0) is 4.79 Å². The van der Waals surface area contributed by atoms with Gasteiger partial charge < -0.3 is 10.6 Å². The summed E-state index contributed by atoms with van der Waals surface area (Å²) in [6.07, 6.45) is 3.28. The minimum Gasteiger partial charge on any atom is -0.351 e. The summed E-state index contributed by atoms with van der Waals surface area (Å²) in [7, 11) is 0. The molecule has 146 valence electrons. The van der Waals surface area contributed by atoms with Crippen molar-refractivity contribution in [3.63, 3.8) is 0 Å². The van der Waals surface area contributed by atoms with Crippen LogP contribution in [0.25, 0.3) is 6.08 Å². The highest BCUT2D eigenvalue weighted by atomic mass is 35.5. The van der Waals surface area contributed by atoms with Crippen LogP contribution in [0.4, 0.5) is 5.69 Å². The van der Waals surface area contributed by atoms with Crippen molar-refractivity contribution in [1.82, 2.24) is 10.6 Å². The topological polar surface area (TPSA) is 101 Å². The molecule has 0 heterocycles. The normalized spacial score (nSPS) is 11.0. The number of unbranched alkanes of at least 4 members (excludes halogenated alkanes) is 1. The Morgan fingerprint density at radius 1 is 1.11 bits per heavy atom. The van der Waals surface area contributed by atoms with E-state index in [2.05, 4.69) is 10.6 Å². The molecule has 0 aliphatic rings. The molecular formula is C20H20ClN3O4. The third-order valence-corrected chi connectivity index (χ3v) is 4.08. The van der Waals surface area contributed by atoms with Gasteiger partial charge in [-0.25, -0.2) is 0 Å². The molecule has 0 unspecified atom stereocenters. The molecule has 0 atom stereocenters. The van der Waals surface area contributed by atoms with E-state index in [0.717, 1.165) is 12.8 Å². The highest BCUT2D eigenvalue weighted by molar-refractivity contribution is 6.30. The van der Waals surface area contributed by atoms with Crippen LogP contribution < -0.4 is 10.6 Å². The monoisotopic (exact) mass is 401 g/mol. The van der Waals surface area contributed by atoms with Gasteiger partial charge >= 0.3 is 0 Å². The molecule has 28 heavy (non-hydrogen) atoms. The number of carbonyl (C=O) groups is 2. The number of nitro benzene ring substituents is 1. The van der Waals surface area contributed by atoms with Crippen LogP contribution in [0.2, 0.25) is 5.02 Å². The molecule has 0 saturated carbocycles. The van der Waals surface area contributed by atoms with E-state index in [0.29, 0.717) is 17.1 Å². The van der Waals surface area contributed by atoms with Gasteiger partial charge in [0, 0.05) is 29.3 Å². The molecular weight excluding hydrogens is 382 g/mol. The summed E-state index contributed by atoms with van der Waals surface area (Å²) in [6, 6.07) is 11.9. The number of amides is 2. The molecule has 2 amide bonds. The maximum atomic E-state index is 12.5. The van der Waals surface area contributed by atoms with Gasteiger partial charge in [0.05, 0.1) is 4.92 Å². The lowest BCUT2D eigenvalue weighted by Crippen LogP contribution is -2.35. The van der Waals surface area contributed by atoms with Crippen LogP contribution in [0, 0.1) is 10.1 Å². The molecule has 0 aliphatic heterocycles. The smallest absolute Gasteiger partial charge is 0.269 e. The van der Waals surface area contributed by atoms with E-state index in [1.165, 1.54) is 24.3 Å². The van der Waals surface area contributed by atoms with Crippen molar-refractivity contribution in [2.45, 2.75) is 19.8 Å². The standard InChI is InChI=1S/C20H20ClN3O4/c1-2-3-12-22-20(26)18(13-14-4-8-16(21)9-5-14)23-19(25)15-6-10-17(11-7-15)24(27)28/h4-11,13H,2-3,12H2,1H3,(H,22,26)(H,23,25)/b18-13+. The van der Waals surface area contributed by atoms with Gasteiger partial charge in [0.2, 0.25) is 0 Å². The van der Waals surface area contributed by atoms with E-state index in [1.807, 2.05) is 6.92 Å². The Hall–Kier alpha value is -3.19. The van der Waals surface area contributed by atoms with E-state index in [-0.39, 0.29) is 16.9 Å². The van der Waals surface area contributed by atoms with E-state index in [1.54, 1.807) is 30.3 Å².